The summed E-state index contributed by atoms with van der Waals surface area (Å²) in [5, 5.41) is 4.47. The monoisotopic (exact) mass is 487 g/mol. The van der Waals surface area contributed by atoms with Crippen molar-refractivity contribution in [3.63, 3.8) is 0 Å². The molecule has 0 radical (unpaired) electrons. The van der Waals surface area contributed by atoms with Gasteiger partial charge in [-0.2, -0.15) is 4.98 Å². The standard InChI is InChI=1S/C28H33N5O3/c1-18(22-8-6-16-33(22)2)35-24-17-21(19-10-14-29-15-11-19)30-27(31-24)25-20-7-5-13-28(26(20)36-32-25)12-4-3-9-23(28)34/h10-11,14-15,17-18,22H,3-9,12-13,16H2,1-2H3/t18-,22-,28+/m0/s1. The number of nitrogens with zero attached hydrogens (tertiary/aromatic N) is 5. The van der Waals surface area contributed by atoms with Crippen molar-refractivity contribution in [1.29, 1.82) is 0 Å². The molecule has 1 saturated heterocycles. The van der Waals surface area contributed by atoms with E-state index in [0.29, 0.717) is 35.6 Å². The van der Waals surface area contributed by atoms with Crippen LogP contribution in [0.15, 0.2) is 35.1 Å². The van der Waals surface area contributed by atoms with Crippen LogP contribution in [0, 0.1) is 0 Å². The van der Waals surface area contributed by atoms with E-state index in [1.54, 1.807) is 12.4 Å². The van der Waals surface area contributed by atoms with Gasteiger partial charge in [0.2, 0.25) is 5.88 Å². The van der Waals surface area contributed by atoms with Crippen molar-refractivity contribution in [3.8, 4) is 28.7 Å². The Morgan fingerprint density at radius 2 is 1.94 bits per heavy atom. The van der Waals surface area contributed by atoms with E-state index in [9.17, 15) is 4.79 Å². The molecule has 36 heavy (non-hydrogen) atoms. The number of fused-ring (bicyclic) bond motifs is 2. The number of ether oxygens (including phenoxy) is 1. The molecule has 0 amide bonds. The molecule has 0 N–H and O–H groups in total. The van der Waals surface area contributed by atoms with Crippen LogP contribution in [0.25, 0.3) is 22.8 Å². The highest BCUT2D eigenvalue weighted by Crippen LogP contribution is 2.47. The third-order valence-corrected chi connectivity index (χ3v) is 8.36. The quantitative estimate of drug-likeness (QED) is 0.508. The van der Waals surface area contributed by atoms with E-state index in [0.717, 1.165) is 74.1 Å². The summed E-state index contributed by atoms with van der Waals surface area (Å²) in [6.45, 7) is 3.19. The average molecular weight is 488 g/mol. The number of Topliss-reactive ketones (excluding diaryl/α,β-unsaturated/α-hetero) is 1. The molecule has 0 aromatic carbocycles. The molecule has 8 heteroatoms. The predicted octanol–water partition coefficient (Wildman–Crippen LogP) is 4.77. The molecule has 1 aliphatic heterocycles. The molecule has 3 aromatic heterocycles. The molecule has 0 bridgehead atoms. The maximum absolute atomic E-state index is 13.1. The molecule has 4 heterocycles. The zero-order valence-electron chi connectivity index (χ0n) is 21.1. The van der Waals surface area contributed by atoms with Crippen LogP contribution in [0.5, 0.6) is 5.88 Å². The number of rotatable bonds is 5. The van der Waals surface area contributed by atoms with Crippen LogP contribution in [0.2, 0.25) is 0 Å². The predicted molar refractivity (Wildman–Crippen MR) is 135 cm³/mol. The number of pyridine rings is 1. The smallest absolute Gasteiger partial charge is 0.217 e. The molecule has 3 atom stereocenters. The molecule has 2 fully saturated rings. The summed E-state index contributed by atoms with van der Waals surface area (Å²) in [6, 6.07) is 6.10. The minimum absolute atomic E-state index is 0.0140. The van der Waals surface area contributed by atoms with Gasteiger partial charge in [0.05, 0.1) is 11.1 Å². The fraction of sp³-hybridized carbons (Fsp3) is 0.536. The van der Waals surface area contributed by atoms with Crippen molar-refractivity contribution in [3.05, 3.63) is 41.9 Å². The van der Waals surface area contributed by atoms with E-state index >= 15 is 0 Å². The minimum Gasteiger partial charge on any atom is -0.473 e. The topological polar surface area (TPSA) is 94.2 Å². The van der Waals surface area contributed by atoms with Gasteiger partial charge in [0.25, 0.3) is 0 Å². The highest BCUT2D eigenvalue weighted by atomic mass is 16.5. The summed E-state index contributed by atoms with van der Waals surface area (Å²) in [4.78, 5) is 29.3. The molecule has 6 rings (SSSR count). The van der Waals surface area contributed by atoms with E-state index in [4.69, 9.17) is 19.2 Å². The summed E-state index contributed by atoms with van der Waals surface area (Å²) in [7, 11) is 2.15. The van der Waals surface area contributed by atoms with Gasteiger partial charge in [-0.25, -0.2) is 4.98 Å². The number of carbonyl (C=O) groups excluding carboxylic acids is 1. The Balaban J connectivity index is 1.41. The molecule has 2 aliphatic carbocycles. The lowest BCUT2D eigenvalue weighted by atomic mass is 9.64. The van der Waals surface area contributed by atoms with Crippen molar-refractivity contribution < 1.29 is 14.1 Å². The lowest BCUT2D eigenvalue weighted by molar-refractivity contribution is -0.128. The fourth-order valence-electron chi connectivity index (χ4n) is 6.43. The number of carbonyl (C=O) groups is 1. The lowest BCUT2D eigenvalue weighted by Gasteiger charge is -2.36. The van der Waals surface area contributed by atoms with Gasteiger partial charge in [0.15, 0.2) is 17.3 Å². The first-order valence-corrected chi connectivity index (χ1v) is 13.2. The molecule has 8 nitrogen and oxygen atoms in total. The second-order valence-corrected chi connectivity index (χ2v) is 10.6. The van der Waals surface area contributed by atoms with Crippen molar-refractivity contribution in [1.82, 2.24) is 25.0 Å². The van der Waals surface area contributed by atoms with Crippen LogP contribution in [-0.2, 0) is 16.6 Å². The van der Waals surface area contributed by atoms with E-state index in [-0.39, 0.29) is 6.10 Å². The average Bonchev–Trinajstić information content (AvgIpc) is 3.53. The normalized spacial score (nSPS) is 25.2. The van der Waals surface area contributed by atoms with Crippen LogP contribution in [0.4, 0.5) is 0 Å². The SMILES string of the molecule is C[C@H](Oc1cc(-c2ccncc2)nc(-c2noc3c2CCC[C@@]32CCCCC2=O)n1)[C@@H]1CCCN1C. The van der Waals surface area contributed by atoms with Crippen molar-refractivity contribution in [2.75, 3.05) is 13.6 Å². The van der Waals surface area contributed by atoms with Crippen LogP contribution in [0.3, 0.4) is 0 Å². The maximum Gasteiger partial charge on any atom is 0.217 e. The van der Waals surface area contributed by atoms with E-state index in [1.165, 1.54) is 6.42 Å². The summed E-state index contributed by atoms with van der Waals surface area (Å²) >= 11 is 0. The van der Waals surface area contributed by atoms with Crippen molar-refractivity contribution in [2.24, 2.45) is 0 Å². The van der Waals surface area contributed by atoms with Gasteiger partial charge in [0, 0.05) is 42.0 Å². The van der Waals surface area contributed by atoms with Crippen molar-refractivity contribution in [2.45, 2.75) is 82.3 Å². The zero-order valence-corrected chi connectivity index (χ0v) is 21.1. The first-order chi connectivity index (χ1) is 17.5. The third-order valence-electron chi connectivity index (χ3n) is 8.36. The molecule has 0 unspecified atom stereocenters. The molecular formula is C28H33N5O3. The molecule has 3 aliphatic rings. The van der Waals surface area contributed by atoms with E-state index < -0.39 is 5.41 Å². The number of likely N-dealkylation sites (tertiary alicyclic amines) is 1. The first kappa shape index (κ1) is 23.3. The Morgan fingerprint density at radius 1 is 1.11 bits per heavy atom. The maximum atomic E-state index is 13.1. The van der Waals surface area contributed by atoms with Gasteiger partial charge in [0.1, 0.15) is 11.9 Å². The number of hydrogen-bond donors (Lipinski definition) is 0. The number of ketones is 1. The zero-order chi connectivity index (χ0) is 24.7. The van der Waals surface area contributed by atoms with Gasteiger partial charge in [-0.1, -0.05) is 11.6 Å². The molecule has 1 spiro atoms. The number of hydrogen-bond acceptors (Lipinski definition) is 8. The van der Waals surface area contributed by atoms with Gasteiger partial charge < -0.3 is 9.26 Å². The third kappa shape index (κ3) is 4.01. The van der Waals surface area contributed by atoms with Gasteiger partial charge in [-0.3, -0.25) is 14.7 Å². The second-order valence-electron chi connectivity index (χ2n) is 10.6. The number of likely N-dealkylation sites (N-methyl/N-ethyl adjacent to an activating group) is 1. The van der Waals surface area contributed by atoms with Crippen LogP contribution in [0.1, 0.15) is 69.6 Å². The lowest BCUT2D eigenvalue weighted by Crippen LogP contribution is -2.41. The van der Waals surface area contributed by atoms with Gasteiger partial charge in [-0.05, 0) is 77.6 Å². The van der Waals surface area contributed by atoms with Gasteiger partial charge >= 0.3 is 0 Å². The van der Waals surface area contributed by atoms with Crippen LogP contribution in [-0.4, -0.2) is 56.5 Å². The fourth-order valence-corrected chi connectivity index (χ4v) is 6.43. The summed E-state index contributed by atoms with van der Waals surface area (Å²) < 4.78 is 12.4. The molecule has 188 valence electrons. The Morgan fingerprint density at radius 3 is 2.72 bits per heavy atom. The summed E-state index contributed by atoms with van der Waals surface area (Å²) in [6.07, 6.45) is 11.8. The number of aromatic nitrogens is 4. The summed E-state index contributed by atoms with van der Waals surface area (Å²) in [5.74, 6) is 2.05. The van der Waals surface area contributed by atoms with E-state index in [1.807, 2.05) is 18.2 Å². The Kier molecular flexibility index (Phi) is 6.07. The second kappa shape index (κ2) is 9.39. The molecule has 1 saturated carbocycles. The van der Waals surface area contributed by atoms with Gasteiger partial charge in [-0.15, -0.1) is 0 Å². The molecular weight excluding hydrogens is 454 g/mol. The highest BCUT2D eigenvalue weighted by Gasteiger charge is 2.48. The molecule has 3 aromatic rings. The van der Waals surface area contributed by atoms with Crippen LogP contribution >= 0.6 is 0 Å². The van der Waals surface area contributed by atoms with Crippen LogP contribution < -0.4 is 4.74 Å². The van der Waals surface area contributed by atoms with E-state index in [2.05, 4.69) is 29.0 Å². The first-order valence-electron chi connectivity index (χ1n) is 13.2. The Labute approximate surface area is 211 Å². The largest absolute Gasteiger partial charge is 0.473 e. The minimum atomic E-state index is -0.527. The Bertz CT molecular complexity index is 1260. The van der Waals surface area contributed by atoms with Crippen molar-refractivity contribution >= 4 is 5.78 Å². The highest BCUT2D eigenvalue weighted by molar-refractivity contribution is 5.91. The summed E-state index contributed by atoms with van der Waals surface area (Å²) in [5.41, 5.74) is 2.77. The Hall–Kier alpha value is -3.13.